The molecular weight excluding hydrogens is 222 g/mol. The van der Waals surface area contributed by atoms with Crippen molar-refractivity contribution in [3.63, 3.8) is 0 Å². The van der Waals surface area contributed by atoms with Crippen molar-refractivity contribution in [1.29, 1.82) is 0 Å². The lowest BCUT2D eigenvalue weighted by Crippen LogP contribution is -2.18. The summed E-state index contributed by atoms with van der Waals surface area (Å²) in [5.41, 5.74) is 0.532. The molecule has 0 aromatic heterocycles. The van der Waals surface area contributed by atoms with Gasteiger partial charge in [-0.3, -0.25) is 9.59 Å². The Morgan fingerprint density at radius 2 is 2.00 bits per heavy atom. The Morgan fingerprint density at radius 3 is 2.65 bits per heavy atom. The summed E-state index contributed by atoms with van der Waals surface area (Å²) in [6.45, 7) is 1.96. The van der Waals surface area contributed by atoms with Gasteiger partial charge in [-0.1, -0.05) is 12.1 Å². The summed E-state index contributed by atoms with van der Waals surface area (Å²) in [6, 6.07) is 6.98. The highest BCUT2D eigenvalue weighted by atomic mass is 16.5. The number of hydrogen-bond donors (Lipinski definition) is 1. The lowest BCUT2D eigenvalue weighted by molar-refractivity contribution is -0.145. The predicted octanol–water partition coefficient (Wildman–Crippen LogP) is 1.59. The first-order chi connectivity index (χ1) is 8.17. The van der Waals surface area contributed by atoms with Crippen LogP contribution in [-0.4, -0.2) is 25.6 Å². The first kappa shape index (κ1) is 13.0. The third-order valence-corrected chi connectivity index (χ3v) is 1.99. The van der Waals surface area contributed by atoms with E-state index in [4.69, 9.17) is 4.74 Å². The van der Waals surface area contributed by atoms with E-state index in [2.05, 4.69) is 10.1 Å². The molecule has 0 saturated carbocycles. The second kappa shape index (κ2) is 6.52. The number of hydrogen-bond acceptors (Lipinski definition) is 4. The number of amides is 1. The minimum Gasteiger partial charge on any atom is -0.495 e. The van der Waals surface area contributed by atoms with Crippen molar-refractivity contribution in [3.8, 4) is 5.75 Å². The van der Waals surface area contributed by atoms with Gasteiger partial charge in [0.1, 0.15) is 12.2 Å². The molecule has 0 saturated heterocycles. The van der Waals surface area contributed by atoms with Gasteiger partial charge in [0.05, 0.1) is 19.4 Å². The van der Waals surface area contributed by atoms with E-state index >= 15 is 0 Å². The Labute approximate surface area is 99.7 Å². The van der Waals surface area contributed by atoms with Crippen LogP contribution in [0.5, 0.6) is 5.75 Å². The first-order valence-corrected chi connectivity index (χ1v) is 5.25. The van der Waals surface area contributed by atoms with Gasteiger partial charge in [-0.25, -0.2) is 0 Å². The number of nitrogens with one attached hydrogen (secondary N) is 1. The van der Waals surface area contributed by atoms with Gasteiger partial charge in [-0.05, 0) is 19.1 Å². The Hall–Kier alpha value is -2.04. The molecule has 0 bridgehead atoms. The quantitative estimate of drug-likeness (QED) is 0.624. The zero-order valence-corrected chi connectivity index (χ0v) is 9.86. The average molecular weight is 237 g/mol. The standard InChI is InChI=1S/C12H15NO4/c1-3-17-12(15)8-11(14)13-9-6-4-5-7-10(9)16-2/h4-7H,3,8H2,1-2H3,(H,13,14). The first-order valence-electron chi connectivity index (χ1n) is 5.25. The number of methoxy groups -OCH3 is 1. The molecule has 0 aliphatic heterocycles. The molecule has 92 valence electrons. The van der Waals surface area contributed by atoms with E-state index < -0.39 is 11.9 Å². The van der Waals surface area contributed by atoms with Gasteiger partial charge in [-0.2, -0.15) is 0 Å². The van der Waals surface area contributed by atoms with Gasteiger partial charge in [0, 0.05) is 0 Å². The van der Waals surface area contributed by atoms with Crippen LogP contribution in [0.25, 0.3) is 0 Å². The number of carbonyl (C=O) groups excluding carboxylic acids is 2. The molecule has 1 N–H and O–H groups in total. The van der Waals surface area contributed by atoms with E-state index in [-0.39, 0.29) is 13.0 Å². The van der Waals surface area contributed by atoms with Gasteiger partial charge < -0.3 is 14.8 Å². The zero-order valence-electron chi connectivity index (χ0n) is 9.86. The third-order valence-electron chi connectivity index (χ3n) is 1.99. The number of benzene rings is 1. The van der Waals surface area contributed by atoms with Crippen molar-refractivity contribution >= 4 is 17.6 Å². The third kappa shape index (κ3) is 4.14. The second-order valence-electron chi connectivity index (χ2n) is 3.23. The van der Waals surface area contributed by atoms with Crippen molar-refractivity contribution in [3.05, 3.63) is 24.3 Å². The molecule has 1 rings (SSSR count). The summed E-state index contributed by atoms with van der Waals surface area (Å²) < 4.78 is 9.74. The summed E-state index contributed by atoms with van der Waals surface area (Å²) in [6.07, 6.45) is -0.300. The monoisotopic (exact) mass is 237 g/mol. The number of rotatable bonds is 5. The minimum atomic E-state index is -0.542. The number of anilines is 1. The van der Waals surface area contributed by atoms with Gasteiger partial charge >= 0.3 is 5.97 Å². The lowest BCUT2D eigenvalue weighted by Gasteiger charge is -2.09. The fourth-order valence-corrected chi connectivity index (χ4v) is 1.29. The fraction of sp³-hybridized carbons (Fsp3) is 0.333. The van der Waals surface area contributed by atoms with Gasteiger partial charge in [0.2, 0.25) is 5.91 Å². The molecule has 0 fully saturated rings. The van der Waals surface area contributed by atoms with Crippen LogP contribution in [0.15, 0.2) is 24.3 Å². The van der Waals surface area contributed by atoms with E-state index in [1.165, 1.54) is 7.11 Å². The van der Waals surface area contributed by atoms with E-state index in [9.17, 15) is 9.59 Å². The molecule has 5 heteroatoms. The molecule has 1 aromatic rings. The van der Waals surface area contributed by atoms with Crippen molar-refractivity contribution in [2.45, 2.75) is 13.3 Å². The highest BCUT2D eigenvalue weighted by Crippen LogP contribution is 2.22. The summed E-state index contributed by atoms with van der Waals surface area (Å²) in [5.74, 6) is -0.419. The molecule has 0 spiro atoms. The highest BCUT2D eigenvalue weighted by Gasteiger charge is 2.12. The van der Waals surface area contributed by atoms with E-state index in [1.54, 1.807) is 31.2 Å². The maximum absolute atomic E-state index is 11.5. The van der Waals surface area contributed by atoms with Crippen LogP contribution in [0.3, 0.4) is 0 Å². The molecule has 0 aliphatic carbocycles. The number of esters is 1. The molecule has 0 unspecified atom stereocenters. The van der Waals surface area contributed by atoms with Crippen LogP contribution < -0.4 is 10.1 Å². The summed E-state index contributed by atoms with van der Waals surface area (Å²) in [5, 5.41) is 2.59. The van der Waals surface area contributed by atoms with Gasteiger partial charge in [-0.15, -0.1) is 0 Å². The van der Waals surface area contributed by atoms with Crippen molar-refractivity contribution in [1.82, 2.24) is 0 Å². The van der Waals surface area contributed by atoms with Gasteiger partial charge in [0.15, 0.2) is 0 Å². The smallest absolute Gasteiger partial charge is 0.315 e. The molecule has 0 aliphatic rings. The van der Waals surface area contributed by atoms with Crippen molar-refractivity contribution in [2.24, 2.45) is 0 Å². The van der Waals surface area contributed by atoms with E-state index in [1.807, 2.05) is 0 Å². The molecule has 1 amide bonds. The average Bonchev–Trinajstić information content (AvgIpc) is 2.29. The summed E-state index contributed by atoms with van der Waals surface area (Å²) in [7, 11) is 1.51. The van der Waals surface area contributed by atoms with Crippen LogP contribution >= 0.6 is 0 Å². The Morgan fingerprint density at radius 1 is 1.29 bits per heavy atom. The van der Waals surface area contributed by atoms with Crippen LogP contribution in [0.1, 0.15) is 13.3 Å². The Kier molecular flexibility index (Phi) is 5.00. The van der Waals surface area contributed by atoms with Crippen LogP contribution in [0, 0.1) is 0 Å². The predicted molar refractivity (Wildman–Crippen MR) is 62.9 cm³/mol. The van der Waals surface area contributed by atoms with Gasteiger partial charge in [0.25, 0.3) is 0 Å². The summed E-state index contributed by atoms with van der Waals surface area (Å²) >= 11 is 0. The number of para-hydroxylation sites is 2. The Bertz CT molecular complexity index is 403. The number of carbonyl (C=O) groups is 2. The largest absolute Gasteiger partial charge is 0.495 e. The van der Waals surface area contributed by atoms with Crippen LogP contribution in [0.4, 0.5) is 5.69 Å². The number of ether oxygens (including phenoxy) is 2. The zero-order chi connectivity index (χ0) is 12.7. The van der Waals surface area contributed by atoms with E-state index in [0.29, 0.717) is 11.4 Å². The van der Waals surface area contributed by atoms with Crippen molar-refractivity contribution in [2.75, 3.05) is 19.0 Å². The summed E-state index contributed by atoms with van der Waals surface area (Å²) in [4.78, 5) is 22.6. The maximum Gasteiger partial charge on any atom is 0.315 e. The van der Waals surface area contributed by atoms with E-state index in [0.717, 1.165) is 0 Å². The molecule has 1 aromatic carbocycles. The topological polar surface area (TPSA) is 64.6 Å². The Balaban J connectivity index is 2.59. The molecule has 5 nitrogen and oxygen atoms in total. The SMILES string of the molecule is CCOC(=O)CC(=O)Nc1ccccc1OC. The minimum absolute atomic E-state index is 0.265. The molecule has 17 heavy (non-hydrogen) atoms. The molecule has 0 atom stereocenters. The normalized spacial score (nSPS) is 9.53. The molecule has 0 radical (unpaired) electrons. The lowest BCUT2D eigenvalue weighted by atomic mass is 10.3. The molecular formula is C12H15NO4. The maximum atomic E-state index is 11.5. The van der Waals surface area contributed by atoms with Crippen LogP contribution in [-0.2, 0) is 14.3 Å². The highest BCUT2D eigenvalue weighted by molar-refractivity contribution is 6.02. The van der Waals surface area contributed by atoms with Crippen molar-refractivity contribution < 1.29 is 19.1 Å². The van der Waals surface area contributed by atoms with Crippen LogP contribution in [0.2, 0.25) is 0 Å². The second-order valence-corrected chi connectivity index (χ2v) is 3.23. The molecule has 0 heterocycles. The fourth-order valence-electron chi connectivity index (χ4n) is 1.29.